The van der Waals surface area contributed by atoms with Crippen molar-refractivity contribution in [1.29, 1.82) is 0 Å². The second kappa shape index (κ2) is 11.2. The molecular formula is C22H26FIN6O2. The van der Waals surface area contributed by atoms with E-state index in [2.05, 4.69) is 25.3 Å². The first kappa shape index (κ1) is 23.9. The van der Waals surface area contributed by atoms with Crippen molar-refractivity contribution in [3.05, 3.63) is 71.9 Å². The summed E-state index contributed by atoms with van der Waals surface area (Å²) in [6.45, 7) is 2.46. The first-order valence-electron chi connectivity index (χ1n) is 10.1. The van der Waals surface area contributed by atoms with Crippen molar-refractivity contribution < 1.29 is 13.9 Å². The fourth-order valence-corrected chi connectivity index (χ4v) is 3.45. The van der Waals surface area contributed by atoms with Crippen LogP contribution in [0.25, 0.3) is 0 Å². The highest BCUT2D eigenvalue weighted by atomic mass is 127. The minimum absolute atomic E-state index is 0. The van der Waals surface area contributed by atoms with Gasteiger partial charge >= 0.3 is 0 Å². The third kappa shape index (κ3) is 5.94. The van der Waals surface area contributed by atoms with Crippen LogP contribution < -0.4 is 10.1 Å². The first-order valence-corrected chi connectivity index (χ1v) is 10.1. The molecule has 32 heavy (non-hydrogen) atoms. The molecule has 1 fully saturated rings. The zero-order chi connectivity index (χ0) is 21.6. The third-order valence-electron chi connectivity index (χ3n) is 4.97. The number of aliphatic imine (C=N–C) groups is 1. The molecule has 1 atom stereocenters. The summed E-state index contributed by atoms with van der Waals surface area (Å²) in [4.78, 5) is 10.9. The van der Waals surface area contributed by atoms with E-state index in [0.29, 0.717) is 31.3 Å². The number of benzene rings is 1. The molecule has 0 bridgehead atoms. The van der Waals surface area contributed by atoms with Crippen LogP contribution in [-0.2, 0) is 18.3 Å². The van der Waals surface area contributed by atoms with Crippen LogP contribution in [0.4, 0.5) is 4.39 Å². The van der Waals surface area contributed by atoms with Crippen LogP contribution in [0.15, 0.2) is 60.0 Å². The summed E-state index contributed by atoms with van der Waals surface area (Å²) in [5, 5.41) is 7.61. The molecule has 3 heterocycles. The maximum atomic E-state index is 13.5. The Morgan fingerprint density at radius 1 is 1.34 bits per heavy atom. The minimum Gasteiger partial charge on any atom is -0.439 e. The van der Waals surface area contributed by atoms with Gasteiger partial charge in [-0.2, -0.15) is 5.10 Å². The molecule has 0 radical (unpaired) electrons. The van der Waals surface area contributed by atoms with Crippen LogP contribution in [0, 0.1) is 5.82 Å². The number of pyridine rings is 1. The number of hydrogen-bond donors (Lipinski definition) is 1. The van der Waals surface area contributed by atoms with E-state index >= 15 is 0 Å². The molecule has 0 aliphatic carbocycles. The normalized spacial score (nSPS) is 16.4. The number of guanidine groups is 1. The van der Waals surface area contributed by atoms with Crippen molar-refractivity contribution in [3.63, 3.8) is 0 Å². The predicted octanol–water partition coefficient (Wildman–Crippen LogP) is 3.51. The Kier molecular flexibility index (Phi) is 8.39. The van der Waals surface area contributed by atoms with Crippen LogP contribution in [0.3, 0.4) is 0 Å². The molecule has 8 nitrogen and oxygen atoms in total. The van der Waals surface area contributed by atoms with Gasteiger partial charge in [0.2, 0.25) is 5.88 Å². The van der Waals surface area contributed by atoms with E-state index in [0.717, 1.165) is 23.6 Å². The van der Waals surface area contributed by atoms with Crippen molar-refractivity contribution in [3.8, 4) is 11.6 Å². The van der Waals surface area contributed by atoms with Gasteiger partial charge in [0.05, 0.1) is 19.3 Å². The molecule has 0 amide bonds. The van der Waals surface area contributed by atoms with Crippen molar-refractivity contribution >= 4 is 29.9 Å². The Labute approximate surface area is 203 Å². The number of hydrogen-bond acceptors (Lipinski definition) is 5. The molecule has 1 unspecified atom stereocenters. The molecule has 1 aliphatic heterocycles. The maximum Gasteiger partial charge on any atom is 0.224 e. The highest BCUT2D eigenvalue weighted by molar-refractivity contribution is 14.0. The van der Waals surface area contributed by atoms with Crippen LogP contribution in [0.1, 0.15) is 17.2 Å². The second-order valence-corrected chi connectivity index (χ2v) is 7.18. The quantitative estimate of drug-likeness (QED) is 0.297. The van der Waals surface area contributed by atoms with Crippen LogP contribution >= 0.6 is 24.0 Å². The van der Waals surface area contributed by atoms with Gasteiger partial charge in [0.25, 0.3) is 0 Å². The fourth-order valence-electron chi connectivity index (χ4n) is 3.45. The fraction of sp³-hybridized carbons (Fsp3) is 0.318. The summed E-state index contributed by atoms with van der Waals surface area (Å²) in [5.41, 5.74) is 1.88. The average molecular weight is 552 g/mol. The molecule has 170 valence electrons. The molecule has 1 aromatic carbocycles. The Morgan fingerprint density at radius 3 is 2.97 bits per heavy atom. The number of nitrogens with one attached hydrogen (secondary N) is 1. The zero-order valence-electron chi connectivity index (χ0n) is 17.9. The SMILES string of the molecule is CN=C(NCc1cccnc1Oc1cccc(F)c1)N1CCOC(c2cnn(C)c2)C1.I. The second-order valence-electron chi connectivity index (χ2n) is 7.18. The van der Waals surface area contributed by atoms with Gasteiger partial charge in [-0.25, -0.2) is 9.37 Å². The molecule has 1 aliphatic rings. The number of morpholine rings is 1. The Bertz CT molecular complexity index is 1060. The lowest BCUT2D eigenvalue weighted by molar-refractivity contribution is -0.00805. The van der Waals surface area contributed by atoms with Gasteiger partial charge in [-0.05, 0) is 18.2 Å². The summed E-state index contributed by atoms with van der Waals surface area (Å²) in [6, 6.07) is 9.76. The average Bonchev–Trinajstić information content (AvgIpc) is 3.22. The van der Waals surface area contributed by atoms with Gasteiger partial charge in [0.1, 0.15) is 17.7 Å². The number of halogens is 2. The highest BCUT2D eigenvalue weighted by Crippen LogP contribution is 2.24. The van der Waals surface area contributed by atoms with Gasteiger partial charge in [-0.1, -0.05) is 12.1 Å². The van der Waals surface area contributed by atoms with Gasteiger partial charge < -0.3 is 19.7 Å². The first-order chi connectivity index (χ1) is 15.1. The molecule has 3 aromatic rings. The monoisotopic (exact) mass is 552 g/mol. The minimum atomic E-state index is -0.357. The molecule has 1 N–H and O–H groups in total. The highest BCUT2D eigenvalue weighted by Gasteiger charge is 2.25. The number of aromatic nitrogens is 3. The van der Waals surface area contributed by atoms with E-state index in [1.165, 1.54) is 12.1 Å². The lowest BCUT2D eigenvalue weighted by Gasteiger charge is -2.34. The Balaban J connectivity index is 0.00000289. The summed E-state index contributed by atoms with van der Waals surface area (Å²) in [5.74, 6) is 1.23. The van der Waals surface area contributed by atoms with E-state index in [1.54, 1.807) is 30.1 Å². The zero-order valence-corrected chi connectivity index (χ0v) is 20.3. The van der Waals surface area contributed by atoms with Gasteiger partial charge in [0, 0.05) is 56.8 Å². The van der Waals surface area contributed by atoms with Crippen LogP contribution in [0.2, 0.25) is 0 Å². The molecular weight excluding hydrogens is 526 g/mol. The number of nitrogens with zero attached hydrogens (tertiary/aromatic N) is 5. The van der Waals surface area contributed by atoms with Crippen molar-refractivity contribution in [2.45, 2.75) is 12.6 Å². The number of rotatable bonds is 5. The molecule has 10 heteroatoms. The largest absolute Gasteiger partial charge is 0.439 e. The standard InChI is InChI=1S/C22H25FN6O2.HI/c1-24-22(29-9-10-30-20(15-29)17-13-27-28(2)14-17)26-12-16-5-4-8-25-21(16)31-19-7-3-6-18(23)11-19;/h3-8,11,13-14,20H,9-10,12,15H2,1-2H3,(H,24,26);1H. The maximum absolute atomic E-state index is 13.5. The third-order valence-corrected chi connectivity index (χ3v) is 4.97. The molecule has 1 saturated heterocycles. The van der Waals surface area contributed by atoms with E-state index in [9.17, 15) is 4.39 Å². The van der Waals surface area contributed by atoms with Crippen molar-refractivity contribution in [2.24, 2.45) is 12.0 Å². The lowest BCUT2D eigenvalue weighted by atomic mass is 10.1. The summed E-state index contributed by atoms with van der Waals surface area (Å²) in [7, 11) is 3.65. The number of aryl methyl sites for hydroxylation is 1. The molecule has 0 spiro atoms. The molecule has 4 rings (SSSR count). The predicted molar refractivity (Wildman–Crippen MR) is 130 cm³/mol. The Hall–Kier alpha value is -2.73. The van der Waals surface area contributed by atoms with E-state index < -0.39 is 0 Å². The van der Waals surface area contributed by atoms with E-state index in [1.807, 2.05) is 31.6 Å². The van der Waals surface area contributed by atoms with Gasteiger partial charge in [-0.15, -0.1) is 24.0 Å². The van der Waals surface area contributed by atoms with Crippen molar-refractivity contribution in [1.82, 2.24) is 25.0 Å². The van der Waals surface area contributed by atoms with Gasteiger partial charge in [0.15, 0.2) is 5.96 Å². The van der Waals surface area contributed by atoms with E-state index in [4.69, 9.17) is 9.47 Å². The summed E-state index contributed by atoms with van der Waals surface area (Å²) in [6.07, 6.45) is 5.38. The smallest absolute Gasteiger partial charge is 0.224 e. The summed E-state index contributed by atoms with van der Waals surface area (Å²) < 4.78 is 27.0. The molecule has 2 aromatic heterocycles. The van der Waals surface area contributed by atoms with Crippen LogP contribution in [-0.4, -0.2) is 52.4 Å². The summed E-state index contributed by atoms with van der Waals surface area (Å²) >= 11 is 0. The van der Waals surface area contributed by atoms with Gasteiger partial charge in [-0.3, -0.25) is 9.67 Å². The molecule has 0 saturated carbocycles. The lowest BCUT2D eigenvalue weighted by Crippen LogP contribution is -2.47. The topological polar surface area (TPSA) is 76.8 Å². The van der Waals surface area contributed by atoms with E-state index in [-0.39, 0.29) is 35.9 Å². The van der Waals surface area contributed by atoms with Crippen molar-refractivity contribution in [2.75, 3.05) is 26.7 Å². The number of ether oxygens (including phenoxy) is 2. The Morgan fingerprint density at radius 2 is 2.22 bits per heavy atom. The van der Waals surface area contributed by atoms with Crippen LogP contribution in [0.5, 0.6) is 11.6 Å².